The van der Waals surface area contributed by atoms with Crippen molar-refractivity contribution in [1.82, 2.24) is 10.5 Å². The summed E-state index contributed by atoms with van der Waals surface area (Å²) < 4.78 is 5.09. The van der Waals surface area contributed by atoms with Crippen LogP contribution in [0.2, 0.25) is 0 Å². The van der Waals surface area contributed by atoms with Crippen LogP contribution in [0.15, 0.2) is 16.0 Å². The van der Waals surface area contributed by atoms with Gasteiger partial charge in [-0.1, -0.05) is 5.16 Å². The highest BCUT2D eigenvalue weighted by atomic mass is 32.1. The number of nitrogens with one attached hydrogen (secondary N) is 1. The maximum atomic E-state index is 5.80. The van der Waals surface area contributed by atoms with Gasteiger partial charge in [0.25, 0.3) is 0 Å². The summed E-state index contributed by atoms with van der Waals surface area (Å²) in [5.41, 5.74) is 8.74. The topological polar surface area (TPSA) is 64.1 Å². The van der Waals surface area contributed by atoms with E-state index in [-0.39, 0.29) is 0 Å². The fourth-order valence-electron chi connectivity index (χ4n) is 1.55. The molecule has 2 aromatic heterocycles. The number of aryl methyl sites for hydroxylation is 2. The average molecular weight is 237 g/mol. The first-order valence-corrected chi connectivity index (χ1v) is 6.00. The standard InChI is InChI=1S/C11H15N3OS/c1-7-9(8(2)15-14-7)5-13-6-11-10(12)3-4-16-11/h3-4,13H,5-6,12H2,1-2H3. The van der Waals surface area contributed by atoms with Crippen LogP contribution in [0.5, 0.6) is 0 Å². The predicted molar refractivity (Wildman–Crippen MR) is 65.3 cm³/mol. The number of nitrogens with two attached hydrogens (primary N) is 1. The molecule has 0 saturated heterocycles. The van der Waals surface area contributed by atoms with E-state index in [0.29, 0.717) is 0 Å². The van der Waals surface area contributed by atoms with Crippen LogP contribution in [0, 0.1) is 13.8 Å². The van der Waals surface area contributed by atoms with Gasteiger partial charge in [-0.2, -0.15) is 0 Å². The lowest BCUT2D eigenvalue weighted by Crippen LogP contribution is -2.13. The van der Waals surface area contributed by atoms with Crippen LogP contribution in [0.1, 0.15) is 21.9 Å². The quantitative estimate of drug-likeness (QED) is 0.856. The van der Waals surface area contributed by atoms with Crippen LogP contribution in [0.3, 0.4) is 0 Å². The molecule has 0 atom stereocenters. The van der Waals surface area contributed by atoms with Gasteiger partial charge in [0.1, 0.15) is 5.76 Å². The van der Waals surface area contributed by atoms with E-state index in [1.54, 1.807) is 11.3 Å². The number of rotatable bonds is 4. The molecule has 0 spiro atoms. The number of thiophene rings is 1. The zero-order valence-corrected chi connectivity index (χ0v) is 10.2. The number of hydrogen-bond donors (Lipinski definition) is 2. The number of nitrogen functional groups attached to an aromatic ring is 1. The Bertz CT molecular complexity index is 456. The summed E-state index contributed by atoms with van der Waals surface area (Å²) in [6, 6.07) is 1.93. The fourth-order valence-corrected chi connectivity index (χ4v) is 2.32. The molecule has 0 fully saturated rings. The zero-order chi connectivity index (χ0) is 11.5. The molecule has 2 rings (SSSR count). The van der Waals surface area contributed by atoms with Crippen molar-refractivity contribution >= 4 is 17.0 Å². The normalized spacial score (nSPS) is 10.9. The molecule has 0 aliphatic rings. The van der Waals surface area contributed by atoms with Gasteiger partial charge in [-0.3, -0.25) is 0 Å². The molecular weight excluding hydrogens is 222 g/mol. The second-order valence-electron chi connectivity index (χ2n) is 3.71. The maximum Gasteiger partial charge on any atom is 0.138 e. The van der Waals surface area contributed by atoms with Crippen molar-refractivity contribution in [2.75, 3.05) is 5.73 Å². The van der Waals surface area contributed by atoms with Gasteiger partial charge in [-0.15, -0.1) is 11.3 Å². The van der Waals surface area contributed by atoms with Crippen molar-refractivity contribution in [3.05, 3.63) is 33.3 Å². The Morgan fingerprint density at radius 2 is 2.25 bits per heavy atom. The highest BCUT2D eigenvalue weighted by Crippen LogP contribution is 2.18. The first kappa shape index (κ1) is 11.2. The molecule has 0 aliphatic carbocycles. The van der Waals surface area contributed by atoms with Crippen molar-refractivity contribution in [2.45, 2.75) is 26.9 Å². The first-order valence-electron chi connectivity index (χ1n) is 5.13. The number of hydrogen-bond acceptors (Lipinski definition) is 5. The zero-order valence-electron chi connectivity index (χ0n) is 9.41. The van der Waals surface area contributed by atoms with Gasteiger partial charge < -0.3 is 15.6 Å². The number of nitrogens with zero attached hydrogens (tertiary/aromatic N) is 1. The van der Waals surface area contributed by atoms with Crippen LogP contribution < -0.4 is 11.1 Å². The molecule has 4 nitrogen and oxygen atoms in total. The first-order chi connectivity index (χ1) is 7.68. The summed E-state index contributed by atoms with van der Waals surface area (Å²) >= 11 is 1.67. The number of anilines is 1. The lowest BCUT2D eigenvalue weighted by molar-refractivity contribution is 0.392. The molecule has 3 N–H and O–H groups in total. The third-order valence-corrected chi connectivity index (χ3v) is 3.49. The van der Waals surface area contributed by atoms with E-state index in [4.69, 9.17) is 10.3 Å². The van der Waals surface area contributed by atoms with E-state index in [1.165, 1.54) is 4.88 Å². The summed E-state index contributed by atoms with van der Waals surface area (Å²) in [4.78, 5) is 1.17. The monoisotopic (exact) mass is 237 g/mol. The molecule has 0 aliphatic heterocycles. The predicted octanol–water partition coefficient (Wildman–Crippen LogP) is 2.22. The largest absolute Gasteiger partial charge is 0.398 e. The van der Waals surface area contributed by atoms with Gasteiger partial charge >= 0.3 is 0 Å². The van der Waals surface area contributed by atoms with Crippen LogP contribution in [-0.4, -0.2) is 5.16 Å². The smallest absolute Gasteiger partial charge is 0.138 e. The Balaban J connectivity index is 1.92. The van der Waals surface area contributed by atoms with Crippen molar-refractivity contribution in [2.24, 2.45) is 0 Å². The summed E-state index contributed by atoms with van der Waals surface area (Å²) in [7, 11) is 0. The van der Waals surface area contributed by atoms with Crippen LogP contribution in [-0.2, 0) is 13.1 Å². The number of aromatic nitrogens is 1. The molecule has 0 radical (unpaired) electrons. The molecule has 16 heavy (non-hydrogen) atoms. The molecule has 0 bridgehead atoms. The third-order valence-electron chi connectivity index (χ3n) is 2.55. The van der Waals surface area contributed by atoms with E-state index in [9.17, 15) is 0 Å². The van der Waals surface area contributed by atoms with Crippen molar-refractivity contribution in [3.8, 4) is 0 Å². The van der Waals surface area contributed by atoms with Gasteiger partial charge in [-0.05, 0) is 25.3 Å². The lowest BCUT2D eigenvalue weighted by Gasteiger charge is -2.03. The van der Waals surface area contributed by atoms with Gasteiger partial charge in [0.2, 0.25) is 0 Å². The average Bonchev–Trinajstić information content (AvgIpc) is 2.79. The third kappa shape index (κ3) is 2.25. The molecule has 0 amide bonds. The molecule has 2 aromatic rings. The van der Waals surface area contributed by atoms with Gasteiger partial charge in [0.15, 0.2) is 0 Å². The summed E-state index contributed by atoms with van der Waals surface area (Å²) in [5.74, 6) is 0.879. The molecule has 2 heterocycles. The fraction of sp³-hybridized carbons (Fsp3) is 0.364. The van der Waals surface area contributed by atoms with E-state index in [2.05, 4.69) is 10.5 Å². The lowest BCUT2D eigenvalue weighted by atomic mass is 10.2. The van der Waals surface area contributed by atoms with Crippen molar-refractivity contribution < 1.29 is 4.52 Å². The maximum absolute atomic E-state index is 5.80. The highest BCUT2D eigenvalue weighted by Gasteiger charge is 2.08. The Labute approximate surface area is 98.4 Å². The van der Waals surface area contributed by atoms with Crippen molar-refractivity contribution in [1.29, 1.82) is 0 Å². The van der Waals surface area contributed by atoms with Crippen molar-refractivity contribution in [3.63, 3.8) is 0 Å². The molecule has 5 heteroatoms. The highest BCUT2D eigenvalue weighted by molar-refractivity contribution is 7.10. The van der Waals surface area contributed by atoms with Crippen LogP contribution in [0.4, 0.5) is 5.69 Å². The molecule has 0 aromatic carbocycles. The van der Waals surface area contributed by atoms with Gasteiger partial charge in [0.05, 0.1) is 5.69 Å². The second kappa shape index (κ2) is 4.67. The minimum Gasteiger partial charge on any atom is -0.398 e. The van der Waals surface area contributed by atoms with E-state index < -0.39 is 0 Å². The van der Waals surface area contributed by atoms with Gasteiger partial charge in [-0.25, -0.2) is 0 Å². The van der Waals surface area contributed by atoms with E-state index >= 15 is 0 Å². The summed E-state index contributed by atoms with van der Waals surface area (Å²) in [5, 5.41) is 9.26. The molecule has 0 unspecified atom stereocenters. The Morgan fingerprint density at radius 3 is 2.81 bits per heavy atom. The molecular formula is C11H15N3OS. The second-order valence-corrected chi connectivity index (χ2v) is 4.71. The van der Waals surface area contributed by atoms with Crippen LogP contribution >= 0.6 is 11.3 Å². The SMILES string of the molecule is Cc1noc(C)c1CNCc1sccc1N. The van der Waals surface area contributed by atoms with Crippen LogP contribution in [0.25, 0.3) is 0 Å². The summed E-state index contributed by atoms with van der Waals surface area (Å²) in [6.07, 6.45) is 0. The Hall–Kier alpha value is -1.33. The van der Waals surface area contributed by atoms with E-state index in [1.807, 2.05) is 25.3 Å². The molecule has 86 valence electrons. The Kier molecular flexibility index (Phi) is 3.26. The summed E-state index contributed by atoms with van der Waals surface area (Å²) in [6.45, 7) is 5.43. The minimum absolute atomic E-state index is 0.762. The van der Waals surface area contributed by atoms with Gasteiger partial charge in [0, 0.05) is 29.2 Å². The minimum atomic E-state index is 0.762. The Morgan fingerprint density at radius 1 is 1.44 bits per heavy atom. The molecule has 0 saturated carbocycles. The van der Waals surface area contributed by atoms with E-state index in [0.717, 1.165) is 35.8 Å².